The van der Waals surface area contributed by atoms with Gasteiger partial charge in [0.2, 0.25) is 0 Å². The van der Waals surface area contributed by atoms with Gasteiger partial charge < -0.3 is 9.72 Å². The molecule has 0 radical (unpaired) electrons. The molecule has 0 unspecified atom stereocenters. The van der Waals surface area contributed by atoms with Gasteiger partial charge >= 0.3 is 5.97 Å². The molecule has 1 aliphatic rings. The number of hydrogen-bond acceptors (Lipinski definition) is 5. The first-order valence-electron chi connectivity index (χ1n) is 7.37. The number of carbonyl (C=O) groups excluding carboxylic acids is 2. The third kappa shape index (κ3) is 2.71. The molecule has 3 rings (SSSR count). The van der Waals surface area contributed by atoms with Gasteiger partial charge in [-0.05, 0) is 18.6 Å². The van der Waals surface area contributed by atoms with Crippen molar-refractivity contribution >= 4 is 32.5 Å². The Labute approximate surface area is 137 Å². The zero-order valence-electron chi connectivity index (χ0n) is 13.2. The number of methoxy groups -OCH3 is 1. The average Bonchev–Trinajstić information content (AvgIpc) is 2.88. The van der Waals surface area contributed by atoms with Crippen molar-refractivity contribution in [3.05, 3.63) is 29.2 Å². The fourth-order valence-corrected chi connectivity index (χ4v) is 4.07. The van der Waals surface area contributed by atoms with Gasteiger partial charge in [0.25, 0.3) is 0 Å². The van der Waals surface area contributed by atoms with Crippen LogP contribution < -0.4 is 0 Å². The van der Waals surface area contributed by atoms with Crippen LogP contribution in [0.5, 0.6) is 0 Å². The molecule has 128 valence electrons. The van der Waals surface area contributed by atoms with Crippen LogP contribution in [-0.4, -0.2) is 38.5 Å². The van der Waals surface area contributed by atoms with Gasteiger partial charge in [0.1, 0.15) is 5.82 Å². The second-order valence-corrected chi connectivity index (χ2v) is 7.94. The Morgan fingerprint density at radius 2 is 2.12 bits per heavy atom. The lowest BCUT2D eigenvalue weighted by Crippen LogP contribution is -2.18. The number of ether oxygens (including phenoxy) is 1. The summed E-state index contributed by atoms with van der Waals surface area (Å²) in [5, 5.41) is 0.241. The van der Waals surface area contributed by atoms with Crippen LogP contribution in [-0.2, 0) is 19.4 Å². The van der Waals surface area contributed by atoms with Crippen molar-refractivity contribution in [2.45, 2.75) is 30.1 Å². The topological polar surface area (TPSA) is 93.3 Å². The van der Waals surface area contributed by atoms with E-state index in [9.17, 15) is 22.4 Å². The number of Topliss-reactive ketones (excluding diaryl/α,β-unsaturated/α-hetero) is 1. The molecule has 0 aliphatic heterocycles. The Morgan fingerprint density at radius 1 is 1.42 bits per heavy atom. The van der Waals surface area contributed by atoms with E-state index in [1.54, 1.807) is 0 Å². The van der Waals surface area contributed by atoms with Crippen molar-refractivity contribution in [3.63, 3.8) is 0 Å². The van der Waals surface area contributed by atoms with Crippen LogP contribution in [0.4, 0.5) is 4.39 Å². The molecular weight excluding hydrogens is 337 g/mol. The van der Waals surface area contributed by atoms with Crippen LogP contribution >= 0.6 is 0 Å². The van der Waals surface area contributed by atoms with Crippen LogP contribution in [0.1, 0.15) is 41.2 Å². The Hall–Kier alpha value is -2.22. The molecule has 1 heterocycles. The van der Waals surface area contributed by atoms with Gasteiger partial charge in [-0.25, -0.2) is 12.8 Å². The van der Waals surface area contributed by atoms with E-state index in [0.717, 1.165) is 18.4 Å². The van der Waals surface area contributed by atoms with E-state index in [2.05, 4.69) is 9.72 Å². The van der Waals surface area contributed by atoms with Gasteiger partial charge in [-0.1, -0.05) is 0 Å². The highest BCUT2D eigenvalue weighted by Crippen LogP contribution is 2.39. The van der Waals surface area contributed by atoms with Gasteiger partial charge in [-0.15, -0.1) is 0 Å². The summed E-state index contributed by atoms with van der Waals surface area (Å²) in [6, 6.07) is 2.08. The number of nitrogens with one attached hydrogen (secondary N) is 1. The first-order valence-corrected chi connectivity index (χ1v) is 9.26. The number of fused-ring (bicyclic) bond motifs is 3. The number of esters is 1. The zero-order chi connectivity index (χ0) is 17.6. The van der Waals surface area contributed by atoms with Gasteiger partial charge in [0, 0.05) is 35.2 Å². The van der Waals surface area contributed by atoms with Crippen LogP contribution in [0.2, 0.25) is 0 Å². The Morgan fingerprint density at radius 3 is 2.75 bits per heavy atom. The number of aromatic amines is 1. The third-order valence-electron chi connectivity index (χ3n) is 4.31. The molecular formula is C16H16FNO5S. The predicted octanol–water partition coefficient (Wildman–Crippen LogP) is 2.33. The van der Waals surface area contributed by atoms with Gasteiger partial charge in [-0.3, -0.25) is 9.59 Å². The highest BCUT2D eigenvalue weighted by atomic mass is 32.2. The molecule has 1 aliphatic carbocycles. The lowest BCUT2D eigenvalue weighted by atomic mass is 9.84. The van der Waals surface area contributed by atoms with Gasteiger partial charge in [0.05, 0.1) is 23.9 Å². The van der Waals surface area contributed by atoms with Crippen LogP contribution in [0, 0.1) is 5.82 Å². The number of carbonyl (C=O) groups is 2. The number of aromatic nitrogens is 1. The lowest BCUT2D eigenvalue weighted by molar-refractivity contribution is -0.141. The van der Waals surface area contributed by atoms with Crippen LogP contribution in [0.15, 0.2) is 17.0 Å². The Balaban J connectivity index is 2.28. The molecule has 0 fully saturated rings. The molecule has 0 spiro atoms. The first-order chi connectivity index (χ1) is 11.2. The molecule has 1 aromatic heterocycles. The van der Waals surface area contributed by atoms with E-state index >= 15 is 0 Å². The van der Waals surface area contributed by atoms with Crippen molar-refractivity contribution in [3.8, 4) is 0 Å². The number of H-pyrrole nitrogens is 1. The lowest BCUT2D eigenvalue weighted by Gasteiger charge is -2.20. The van der Waals surface area contributed by atoms with E-state index in [1.807, 2.05) is 0 Å². The summed E-state index contributed by atoms with van der Waals surface area (Å²) in [7, 11) is -2.41. The SMILES string of the molecule is COC(=O)C[C@H]1CCC(=O)c2c1[nH]c1c(S(C)(=O)=O)cc(F)cc21. The molecule has 0 bridgehead atoms. The van der Waals surface area contributed by atoms with Crippen molar-refractivity contribution in [2.75, 3.05) is 13.4 Å². The summed E-state index contributed by atoms with van der Waals surface area (Å²) in [6.07, 6.45) is 1.71. The monoisotopic (exact) mass is 353 g/mol. The maximum atomic E-state index is 13.9. The molecule has 24 heavy (non-hydrogen) atoms. The quantitative estimate of drug-likeness (QED) is 0.855. The Kier molecular flexibility index (Phi) is 3.95. The molecule has 2 aromatic rings. The summed E-state index contributed by atoms with van der Waals surface area (Å²) in [6.45, 7) is 0. The normalized spacial score (nSPS) is 17.8. The van der Waals surface area contributed by atoms with Crippen molar-refractivity contribution in [1.82, 2.24) is 4.98 Å². The molecule has 1 N–H and O–H groups in total. The average molecular weight is 353 g/mol. The van der Waals surface area contributed by atoms with E-state index in [1.165, 1.54) is 7.11 Å². The molecule has 0 saturated heterocycles. The molecule has 8 heteroatoms. The van der Waals surface area contributed by atoms with E-state index in [0.29, 0.717) is 12.1 Å². The third-order valence-corrected chi connectivity index (χ3v) is 5.43. The van der Waals surface area contributed by atoms with Crippen LogP contribution in [0.3, 0.4) is 0 Å². The maximum absolute atomic E-state index is 13.9. The molecule has 1 atom stereocenters. The number of sulfone groups is 1. The molecule has 1 aromatic carbocycles. The molecule has 0 amide bonds. The number of rotatable bonds is 3. The minimum absolute atomic E-state index is 0.0697. The largest absolute Gasteiger partial charge is 0.469 e. The van der Waals surface area contributed by atoms with Crippen LogP contribution in [0.25, 0.3) is 10.9 Å². The van der Waals surface area contributed by atoms with Crippen molar-refractivity contribution in [2.24, 2.45) is 0 Å². The zero-order valence-corrected chi connectivity index (χ0v) is 14.0. The molecule has 0 saturated carbocycles. The summed E-state index contributed by atoms with van der Waals surface area (Å²) in [5.41, 5.74) is 0.950. The van der Waals surface area contributed by atoms with Crippen molar-refractivity contribution in [1.29, 1.82) is 0 Å². The summed E-state index contributed by atoms with van der Waals surface area (Å²) >= 11 is 0. The molecule has 6 nitrogen and oxygen atoms in total. The summed E-state index contributed by atoms with van der Waals surface area (Å²) in [4.78, 5) is 26.7. The standard InChI is InChI=1S/C16H16FNO5S/c1-23-13(20)5-8-3-4-11(19)14-10-6-9(17)7-12(24(2,21)22)16(10)18-15(8)14/h6-8,18H,3-5H2,1-2H3/t8-/m1/s1. The van der Waals surface area contributed by atoms with Crippen molar-refractivity contribution < 1.29 is 27.1 Å². The predicted molar refractivity (Wildman–Crippen MR) is 84.3 cm³/mol. The first kappa shape index (κ1) is 16.6. The van der Waals surface area contributed by atoms with E-state index < -0.39 is 21.6 Å². The summed E-state index contributed by atoms with van der Waals surface area (Å²) < 4.78 is 42.5. The number of benzene rings is 1. The maximum Gasteiger partial charge on any atom is 0.306 e. The van der Waals surface area contributed by atoms with Gasteiger partial charge in [0.15, 0.2) is 15.6 Å². The highest BCUT2D eigenvalue weighted by molar-refractivity contribution is 7.91. The minimum Gasteiger partial charge on any atom is -0.469 e. The fraction of sp³-hybridized carbons (Fsp3) is 0.375. The smallest absolute Gasteiger partial charge is 0.306 e. The fourth-order valence-electron chi connectivity index (χ4n) is 3.21. The minimum atomic E-state index is -3.69. The number of halogens is 1. The van der Waals surface area contributed by atoms with E-state index in [4.69, 9.17) is 0 Å². The number of hydrogen-bond donors (Lipinski definition) is 1. The summed E-state index contributed by atoms with van der Waals surface area (Å²) in [5.74, 6) is -1.64. The van der Waals surface area contributed by atoms with E-state index in [-0.39, 0.29) is 45.9 Å². The second-order valence-electron chi connectivity index (χ2n) is 5.95. The van der Waals surface area contributed by atoms with Gasteiger partial charge in [-0.2, -0.15) is 0 Å². The Bertz CT molecular complexity index is 960. The highest BCUT2D eigenvalue weighted by Gasteiger charge is 2.32. The number of ketones is 1. The second kappa shape index (κ2) is 5.70.